The molecule has 306 valence electrons. The number of carboxylic acid groups (broad SMARTS) is 1. The van der Waals surface area contributed by atoms with E-state index in [9.17, 15) is 19.5 Å². The van der Waals surface area contributed by atoms with E-state index in [1.807, 2.05) is 0 Å². The highest BCUT2D eigenvalue weighted by molar-refractivity contribution is 5.83. The minimum atomic E-state index is -1.02. The Morgan fingerprint density at radius 1 is 0.566 bits per heavy atom. The van der Waals surface area contributed by atoms with Crippen molar-refractivity contribution in [3.8, 4) is 0 Å². The molecule has 0 aromatic heterocycles. The van der Waals surface area contributed by atoms with Crippen LogP contribution in [0, 0.1) is 0 Å². The summed E-state index contributed by atoms with van der Waals surface area (Å²) in [6.45, 7) is 4.89. The molecule has 53 heavy (non-hydrogen) atoms. The lowest BCUT2D eigenvalue weighted by atomic mass is 10.1. The van der Waals surface area contributed by atoms with Gasteiger partial charge in [0.15, 0.2) is 0 Å². The molecule has 0 aromatic carbocycles. The van der Waals surface area contributed by atoms with Gasteiger partial charge in [-0.05, 0) is 103 Å². The van der Waals surface area contributed by atoms with Crippen LogP contribution >= 0.6 is 0 Å². The number of ether oxygens (including phenoxy) is 1. The number of amides is 1. The van der Waals surface area contributed by atoms with Gasteiger partial charge in [0.25, 0.3) is 0 Å². The Balaban J connectivity index is 4.18. The first-order valence-electron chi connectivity index (χ1n) is 22.0. The molecule has 0 aliphatic rings. The van der Waals surface area contributed by atoms with E-state index in [0.29, 0.717) is 38.6 Å². The molecule has 0 saturated carbocycles. The zero-order valence-corrected chi connectivity index (χ0v) is 34.4. The molecule has 0 aliphatic heterocycles. The highest BCUT2D eigenvalue weighted by Gasteiger charge is 2.19. The second-order valence-corrected chi connectivity index (χ2v) is 14.7. The van der Waals surface area contributed by atoms with E-state index < -0.39 is 12.0 Å². The molecule has 0 heterocycles. The Morgan fingerprint density at radius 2 is 1.04 bits per heavy atom. The lowest BCUT2D eigenvalue weighted by molar-refractivity contribution is -0.147. The number of carbonyl (C=O) groups is 3. The van der Waals surface area contributed by atoms with Crippen LogP contribution in [0.15, 0.2) is 48.6 Å². The van der Waals surface area contributed by atoms with Gasteiger partial charge in [-0.2, -0.15) is 0 Å². The maximum atomic E-state index is 12.7. The van der Waals surface area contributed by atoms with Crippen molar-refractivity contribution in [1.29, 1.82) is 0 Å². The van der Waals surface area contributed by atoms with E-state index in [-0.39, 0.29) is 18.0 Å². The lowest BCUT2D eigenvalue weighted by Crippen LogP contribution is -2.40. The molecule has 1 amide bonds. The van der Waals surface area contributed by atoms with Crippen molar-refractivity contribution in [3.63, 3.8) is 0 Å². The quantitative estimate of drug-likeness (QED) is 0.0328. The van der Waals surface area contributed by atoms with Gasteiger partial charge in [-0.1, -0.05) is 146 Å². The third kappa shape index (κ3) is 37.4. The largest absolute Gasteiger partial charge is 0.480 e. The van der Waals surface area contributed by atoms with Crippen LogP contribution in [-0.4, -0.2) is 41.6 Å². The van der Waals surface area contributed by atoms with Gasteiger partial charge in [-0.15, -0.1) is 0 Å². The predicted molar refractivity (Wildman–Crippen MR) is 225 cm³/mol. The van der Waals surface area contributed by atoms with Gasteiger partial charge in [0, 0.05) is 12.8 Å². The molecule has 7 heteroatoms. The lowest BCUT2D eigenvalue weighted by Gasteiger charge is -2.15. The summed E-state index contributed by atoms with van der Waals surface area (Å²) in [5.41, 5.74) is 5.48. The van der Waals surface area contributed by atoms with Crippen molar-refractivity contribution in [2.45, 2.75) is 219 Å². The van der Waals surface area contributed by atoms with E-state index >= 15 is 0 Å². The molecular formula is C46H82N2O5. The van der Waals surface area contributed by atoms with Gasteiger partial charge in [0.1, 0.15) is 12.1 Å². The fourth-order valence-electron chi connectivity index (χ4n) is 6.25. The van der Waals surface area contributed by atoms with Crippen molar-refractivity contribution in [2.24, 2.45) is 5.73 Å². The smallest absolute Gasteiger partial charge is 0.326 e. The second-order valence-electron chi connectivity index (χ2n) is 14.7. The number of unbranched alkanes of at least 4 members (excludes halogenated alkanes) is 19. The molecule has 0 fully saturated rings. The van der Waals surface area contributed by atoms with E-state index in [1.54, 1.807) is 0 Å². The van der Waals surface area contributed by atoms with Crippen LogP contribution in [0.25, 0.3) is 0 Å². The highest BCUT2D eigenvalue weighted by Crippen LogP contribution is 2.15. The van der Waals surface area contributed by atoms with Crippen LogP contribution in [0.1, 0.15) is 206 Å². The average Bonchev–Trinajstić information content (AvgIpc) is 3.14. The van der Waals surface area contributed by atoms with Crippen LogP contribution in [-0.2, 0) is 19.1 Å². The number of aliphatic carboxylic acids is 1. The molecule has 0 saturated heterocycles. The fourth-order valence-corrected chi connectivity index (χ4v) is 6.25. The molecule has 0 aliphatic carbocycles. The van der Waals surface area contributed by atoms with Crippen LogP contribution < -0.4 is 11.1 Å². The van der Waals surface area contributed by atoms with Gasteiger partial charge in [0.05, 0.1) is 0 Å². The first-order valence-corrected chi connectivity index (χ1v) is 22.0. The maximum Gasteiger partial charge on any atom is 0.326 e. The first kappa shape index (κ1) is 50.3. The Hall–Kier alpha value is -2.67. The first-order chi connectivity index (χ1) is 25.9. The molecule has 7 nitrogen and oxygen atoms in total. The molecule has 4 N–H and O–H groups in total. The maximum absolute atomic E-state index is 12.7. The topological polar surface area (TPSA) is 119 Å². The summed E-state index contributed by atoms with van der Waals surface area (Å²) in [4.78, 5) is 36.3. The third-order valence-electron chi connectivity index (χ3n) is 9.60. The number of nitrogens with one attached hydrogen (secondary N) is 1. The molecule has 2 atom stereocenters. The highest BCUT2D eigenvalue weighted by atomic mass is 16.5. The number of carboxylic acids is 1. The third-order valence-corrected chi connectivity index (χ3v) is 9.60. The summed E-state index contributed by atoms with van der Waals surface area (Å²) in [5.74, 6) is -1.34. The number of allylic oxidation sites excluding steroid dienone is 7. The van der Waals surface area contributed by atoms with Gasteiger partial charge in [-0.25, -0.2) is 4.79 Å². The number of esters is 1. The van der Waals surface area contributed by atoms with Crippen molar-refractivity contribution < 1.29 is 24.2 Å². The Morgan fingerprint density at radius 3 is 1.58 bits per heavy atom. The summed E-state index contributed by atoms with van der Waals surface area (Å²) in [7, 11) is 0. The van der Waals surface area contributed by atoms with E-state index in [1.165, 1.54) is 89.9 Å². The Labute approximate surface area is 326 Å². The number of nitrogens with two attached hydrogens (primary N) is 1. The van der Waals surface area contributed by atoms with Crippen molar-refractivity contribution in [3.05, 3.63) is 48.6 Å². The molecule has 0 aromatic rings. The number of rotatable bonds is 39. The van der Waals surface area contributed by atoms with Crippen LogP contribution in [0.4, 0.5) is 0 Å². The van der Waals surface area contributed by atoms with Gasteiger partial charge in [-0.3, -0.25) is 9.59 Å². The van der Waals surface area contributed by atoms with E-state index in [0.717, 1.165) is 70.6 Å². The zero-order chi connectivity index (χ0) is 38.9. The summed E-state index contributed by atoms with van der Waals surface area (Å²) in [6, 6.07) is -0.872. The van der Waals surface area contributed by atoms with E-state index in [4.69, 9.17) is 10.5 Å². The summed E-state index contributed by atoms with van der Waals surface area (Å²) >= 11 is 0. The number of hydrogen-bond acceptors (Lipinski definition) is 5. The molecule has 0 bridgehead atoms. The Bertz CT molecular complexity index is 973. The number of carbonyl (C=O) groups excluding carboxylic acids is 2. The van der Waals surface area contributed by atoms with Crippen LogP contribution in [0.2, 0.25) is 0 Å². The minimum Gasteiger partial charge on any atom is -0.480 e. The number of hydrogen-bond donors (Lipinski definition) is 3. The normalized spacial score (nSPS) is 13.1. The molecular weight excluding hydrogens is 661 g/mol. The standard InChI is InChI=1S/C46H82N2O5/c1-3-5-7-9-11-12-13-14-15-16-17-18-19-20-21-22-23-24-26-28-34-40-45(50)53-42(36-31-27-25-10-8-6-4-2)37-32-29-30-33-39-44(49)48-43(46(51)52)38-35-41-47/h13-14,16-17,19-20,31,36,42-43H,3-12,15,18,21-30,32-35,37-41,47H2,1-2H3,(H,48,49)(H,51,52)/b14-13-,17-16-,20-19-,36-31-. The molecule has 0 radical (unpaired) electrons. The zero-order valence-electron chi connectivity index (χ0n) is 34.4. The second kappa shape index (κ2) is 40.5. The van der Waals surface area contributed by atoms with Crippen LogP contribution in [0.5, 0.6) is 0 Å². The Kier molecular flexibility index (Phi) is 38.5. The fraction of sp³-hybridized carbons (Fsp3) is 0.761. The average molecular weight is 743 g/mol. The summed E-state index contributed by atoms with van der Waals surface area (Å²) < 4.78 is 5.91. The summed E-state index contributed by atoms with van der Waals surface area (Å²) in [5, 5.41) is 11.9. The molecule has 0 rings (SSSR count). The molecule has 0 spiro atoms. The molecule has 2 unspecified atom stereocenters. The van der Waals surface area contributed by atoms with Crippen molar-refractivity contribution in [2.75, 3.05) is 6.54 Å². The van der Waals surface area contributed by atoms with Gasteiger partial charge in [0.2, 0.25) is 5.91 Å². The van der Waals surface area contributed by atoms with Gasteiger partial charge >= 0.3 is 11.9 Å². The summed E-state index contributed by atoms with van der Waals surface area (Å²) in [6.07, 6.45) is 48.9. The van der Waals surface area contributed by atoms with Gasteiger partial charge < -0.3 is 20.9 Å². The van der Waals surface area contributed by atoms with E-state index in [2.05, 4.69) is 67.8 Å². The monoisotopic (exact) mass is 743 g/mol. The SMILES string of the molecule is CCCCCCC/C=C\C/C=C\C/C=C\CCCCCCCCC(=O)OC(/C=C\CCCCCCC)CCCCCCC(=O)NC(CCCN)C(=O)O. The minimum absolute atomic E-state index is 0.102. The van der Waals surface area contributed by atoms with Crippen molar-refractivity contribution in [1.82, 2.24) is 5.32 Å². The predicted octanol–water partition coefficient (Wildman–Crippen LogP) is 12.4. The van der Waals surface area contributed by atoms with Crippen LogP contribution in [0.3, 0.4) is 0 Å². The van der Waals surface area contributed by atoms with Crippen molar-refractivity contribution >= 4 is 17.8 Å².